The molecule has 2 aliphatic heterocycles. The van der Waals surface area contributed by atoms with Crippen LogP contribution in [0.5, 0.6) is 23.0 Å². The van der Waals surface area contributed by atoms with Crippen molar-refractivity contribution in [2.45, 2.75) is 18.9 Å². The van der Waals surface area contributed by atoms with Crippen LogP contribution in [-0.2, 0) is 14.3 Å². The number of methoxy groups -OCH3 is 1. The van der Waals surface area contributed by atoms with Crippen LogP contribution in [0.3, 0.4) is 0 Å². The fourth-order valence-electron chi connectivity index (χ4n) is 5.07. The lowest BCUT2D eigenvalue weighted by atomic mass is 9.65. The normalized spacial score (nSPS) is 24.9. The Kier molecular flexibility index (Phi) is 4.73. The quantitative estimate of drug-likeness (QED) is 0.560. The Bertz CT molecular complexity index is 1140. The molecule has 4 atom stereocenters. The molecule has 0 spiro atoms. The minimum Gasteiger partial charge on any atom is -0.504 e. The van der Waals surface area contributed by atoms with Crippen LogP contribution in [-0.4, -0.2) is 37.5 Å². The Morgan fingerprint density at radius 3 is 2.59 bits per heavy atom. The van der Waals surface area contributed by atoms with E-state index in [9.17, 15) is 14.7 Å². The smallest absolute Gasteiger partial charge is 0.310 e. The first-order chi connectivity index (χ1) is 15.4. The highest BCUT2D eigenvalue weighted by molar-refractivity contribution is 5.88. The number of hydrogen-bond donors (Lipinski definition) is 2. The van der Waals surface area contributed by atoms with Gasteiger partial charge < -0.3 is 29.4 Å². The van der Waals surface area contributed by atoms with E-state index in [1.54, 1.807) is 13.0 Å². The van der Waals surface area contributed by atoms with Gasteiger partial charge in [0.2, 0.25) is 12.7 Å². The second-order valence-corrected chi connectivity index (χ2v) is 8.21. The molecule has 3 aliphatic rings. The molecule has 1 aliphatic carbocycles. The van der Waals surface area contributed by atoms with Crippen LogP contribution in [0.1, 0.15) is 34.2 Å². The van der Waals surface area contributed by atoms with Crippen LogP contribution in [0.4, 0.5) is 0 Å². The van der Waals surface area contributed by atoms with Gasteiger partial charge in [-0.3, -0.25) is 9.59 Å². The number of aromatic hydroxyl groups is 1. The summed E-state index contributed by atoms with van der Waals surface area (Å²) in [5.74, 6) is -0.325. The molecule has 0 saturated carbocycles. The molecular formula is C24H23NO7. The van der Waals surface area contributed by atoms with Gasteiger partial charge in [0.25, 0.3) is 0 Å². The minimum atomic E-state index is -0.536. The Morgan fingerprint density at radius 2 is 1.91 bits per heavy atom. The molecule has 1 unspecified atom stereocenters. The van der Waals surface area contributed by atoms with Crippen LogP contribution < -0.4 is 19.5 Å². The number of carbonyl (C=O) groups is 2. The van der Waals surface area contributed by atoms with Crippen LogP contribution in [0, 0.1) is 18.8 Å². The molecule has 32 heavy (non-hydrogen) atoms. The second-order valence-electron chi connectivity index (χ2n) is 8.21. The van der Waals surface area contributed by atoms with Crippen molar-refractivity contribution in [2.24, 2.45) is 11.8 Å². The average molecular weight is 437 g/mol. The summed E-state index contributed by atoms with van der Waals surface area (Å²) in [5.41, 5.74) is 3.10. The third kappa shape index (κ3) is 2.97. The molecule has 0 bridgehead atoms. The molecule has 0 aromatic heterocycles. The molecule has 1 fully saturated rings. The van der Waals surface area contributed by atoms with Gasteiger partial charge in [0.1, 0.15) is 0 Å². The maximum absolute atomic E-state index is 13.0. The summed E-state index contributed by atoms with van der Waals surface area (Å²) >= 11 is 0. The number of esters is 1. The molecule has 0 radical (unpaired) electrons. The monoisotopic (exact) mass is 437 g/mol. The van der Waals surface area contributed by atoms with E-state index < -0.39 is 12.0 Å². The van der Waals surface area contributed by atoms with Gasteiger partial charge in [-0.2, -0.15) is 0 Å². The number of phenolic OH excluding ortho intramolecular Hbond substituents is 1. The van der Waals surface area contributed by atoms with Crippen LogP contribution in [0.25, 0.3) is 0 Å². The summed E-state index contributed by atoms with van der Waals surface area (Å²) in [5, 5.41) is 13.3. The summed E-state index contributed by atoms with van der Waals surface area (Å²) in [6, 6.07) is 6.86. The van der Waals surface area contributed by atoms with Gasteiger partial charge in [-0.05, 0) is 53.5 Å². The van der Waals surface area contributed by atoms with Gasteiger partial charge in [-0.25, -0.2) is 0 Å². The zero-order valence-corrected chi connectivity index (χ0v) is 17.7. The van der Waals surface area contributed by atoms with Gasteiger partial charge in [0.15, 0.2) is 23.0 Å². The highest BCUT2D eigenvalue weighted by atomic mass is 16.7. The van der Waals surface area contributed by atoms with Crippen molar-refractivity contribution in [2.75, 3.05) is 20.5 Å². The summed E-state index contributed by atoms with van der Waals surface area (Å²) in [6.07, 6.45) is 1.21. The molecule has 2 aromatic rings. The minimum absolute atomic E-state index is 0.0552. The largest absolute Gasteiger partial charge is 0.504 e. The Balaban J connectivity index is 1.74. The molecular weight excluding hydrogens is 414 g/mol. The SMILES string of the molecule is C=CC(=O)N[C@@H]1c2cc3c(cc2C(c2cc(C)c(O)c(OC)c2)[C@H]2C(=O)OC[C@H]12)OCO3. The third-order valence-corrected chi connectivity index (χ3v) is 6.54. The number of benzene rings is 2. The average Bonchev–Trinajstić information content (AvgIpc) is 3.40. The predicted molar refractivity (Wildman–Crippen MR) is 113 cm³/mol. The lowest BCUT2D eigenvalue weighted by Gasteiger charge is -2.39. The predicted octanol–water partition coefficient (Wildman–Crippen LogP) is 2.72. The first-order valence-electron chi connectivity index (χ1n) is 10.3. The van der Waals surface area contributed by atoms with E-state index in [4.69, 9.17) is 18.9 Å². The summed E-state index contributed by atoms with van der Waals surface area (Å²) < 4.78 is 22.0. The van der Waals surface area contributed by atoms with Gasteiger partial charge in [-0.1, -0.05) is 12.6 Å². The van der Waals surface area contributed by atoms with E-state index in [0.29, 0.717) is 22.8 Å². The molecule has 8 heteroatoms. The highest BCUT2D eigenvalue weighted by Crippen LogP contribution is 2.54. The van der Waals surface area contributed by atoms with Gasteiger partial charge in [-0.15, -0.1) is 0 Å². The van der Waals surface area contributed by atoms with Crippen LogP contribution in [0.15, 0.2) is 36.9 Å². The maximum atomic E-state index is 13.0. The van der Waals surface area contributed by atoms with Crippen molar-refractivity contribution in [3.8, 4) is 23.0 Å². The van der Waals surface area contributed by atoms with Crippen molar-refractivity contribution in [3.63, 3.8) is 0 Å². The van der Waals surface area contributed by atoms with Crippen molar-refractivity contribution in [1.29, 1.82) is 0 Å². The van der Waals surface area contributed by atoms with Gasteiger partial charge in [0.05, 0.1) is 25.7 Å². The van der Waals surface area contributed by atoms with E-state index in [1.807, 2.05) is 18.2 Å². The number of fused-ring (bicyclic) bond motifs is 3. The number of carbonyl (C=O) groups excluding carboxylic acids is 2. The number of hydrogen-bond acceptors (Lipinski definition) is 7. The Morgan fingerprint density at radius 1 is 1.19 bits per heavy atom. The summed E-state index contributed by atoms with van der Waals surface area (Å²) in [6.45, 7) is 5.62. The van der Waals surface area contributed by atoms with E-state index in [2.05, 4.69) is 11.9 Å². The fraction of sp³-hybridized carbons (Fsp3) is 0.333. The van der Waals surface area contributed by atoms with E-state index in [1.165, 1.54) is 13.2 Å². The number of ether oxygens (including phenoxy) is 4. The van der Waals surface area contributed by atoms with E-state index >= 15 is 0 Å². The zero-order chi connectivity index (χ0) is 22.6. The van der Waals surface area contributed by atoms with Crippen molar-refractivity contribution < 1.29 is 33.6 Å². The lowest BCUT2D eigenvalue weighted by molar-refractivity contribution is -0.141. The second kappa shape index (κ2) is 7.47. The molecule has 1 saturated heterocycles. The number of rotatable bonds is 4. The molecule has 5 rings (SSSR count). The number of amides is 1. The number of cyclic esters (lactones) is 1. The highest BCUT2D eigenvalue weighted by Gasteiger charge is 2.52. The van der Waals surface area contributed by atoms with Crippen LogP contribution in [0.2, 0.25) is 0 Å². The third-order valence-electron chi connectivity index (χ3n) is 6.54. The first kappa shape index (κ1) is 20.2. The van der Waals surface area contributed by atoms with Crippen molar-refractivity contribution >= 4 is 11.9 Å². The first-order valence-corrected chi connectivity index (χ1v) is 10.3. The van der Waals surface area contributed by atoms with Gasteiger partial charge >= 0.3 is 5.97 Å². The number of nitrogens with one attached hydrogen (secondary N) is 1. The van der Waals surface area contributed by atoms with E-state index in [0.717, 1.165) is 16.7 Å². The number of aryl methyl sites for hydroxylation is 1. The lowest BCUT2D eigenvalue weighted by Crippen LogP contribution is -2.42. The zero-order valence-electron chi connectivity index (χ0n) is 17.7. The standard InChI is InChI=1S/C24H23NO7/c1-4-19(26)25-22-14-8-17-16(31-10-32-17)7-13(14)20(21-15(22)9-30-24(21)28)12-5-11(2)23(27)18(6-12)29-3/h4-8,15,20-22,27H,1,9-10H2,2-3H3,(H,25,26)/t15-,20?,21-,22+/m0/s1. The topological polar surface area (TPSA) is 103 Å². The Hall–Kier alpha value is -3.68. The number of phenols is 1. The molecule has 1 amide bonds. The molecule has 166 valence electrons. The van der Waals surface area contributed by atoms with Crippen molar-refractivity contribution in [3.05, 3.63) is 59.2 Å². The Labute approximate surface area is 184 Å². The van der Waals surface area contributed by atoms with Crippen LogP contribution >= 0.6 is 0 Å². The summed E-state index contributed by atoms with van der Waals surface area (Å²) in [7, 11) is 1.48. The molecule has 2 N–H and O–H groups in total. The maximum Gasteiger partial charge on any atom is 0.310 e. The molecule has 2 heterocycles. The fourth-order valence-corrected chi connectivity index (χ4v) is 5.07. The van der Waals surface area contributed by atoms with Crippen molar-refractivity contribution in [1.82, 2.24) is 5.32 Å². The van der Waals surface area contributed by atoms with E-state index in [-0.39, 0.29) is 42.9 Å². The molecule has 8 nitrogen and oxygen atoms in total. The van der Waals surface area contributed by atoms with Gasteiger partial charge in [0, 0.05) is 11.8 Å². The molecule has 2 aromatic carbocycles. The summed E-state index contributed by atoms with van der Waals surface area (Å²) in [4.78, 5) is 25.2.